The maximum absolute atomic E-state index is 10.4. The molecule has 0 bridgehead atoms. The standard InChI is InChI=1S/C10H15N3O2S/c1-16-7-3-2-6-11-9-4-5-10(12-8-9)13(14)15/h4-5,8,11H,2-3,6-7H2,1H3. The van der Waals surface area contributed by atoms with Crippen LogP contribution in [0.4, 0.5) is 11.5 Å². The van der Waals surface area contributed by atoms with Crippen LogP contribution in [0.5, 0.6) is 0 Å². The number of hydrogen-bond donors (Lipinski definition) is 1. The summed E-state index contributed by atoms with van der Waals surface area (Å²) in [5.74, 6) is 1.05. The van der Waals surface area contributed by atoms with Crippen LogP contribution >= 0.6 is 11.8 Å². The van der Waals surface area contributed by atoms with Crippen molar-refractivity contribution < 1.29 is 4.92 Å². The number of aromatic nitrogens is 1. The van der Waals surface area contributed by atoms with E-state index in [0.29, 0.717) is 0 Å². The molecular weight excluding hydrogens is 226 g/mol. The van der Waals surface area contributed by atoms with Gasteiger partial charge in [0, 0.05) is 12.6 Å². The molecule has 88 valence electrons. The van der Waals surface area contributed by atoms with E-state index in [0.717, 1.165) is 18.7 Å². The Bertz CT molecular complexity index is 329. The maximum atomic E-state index is 10.4. The summed E-state index contributed by atoms with van der Waals surface area (Å²) in [6.07, 6.45) is 5.85. The molecule has 0 unspecified atom stereocenters. The molecular formula is C10H15N3O2S. The summed E-state index contributed by atoms with van der Waals surface area (Å²) in [5.41, 5.74) is 0.828. The molecule has 0 radical (unpaired) electrons. The smallest absolute Gasteiger partial charge is 0.363 e. The van der Waals surface area contributed by atoms with Gasteiger partial charge >= 0.3 is 5.82 Å². The normalized spacial score (nSPS) is 10.1. The van der Waals surface area contributed by atoms with Crippen molar-refractivity contribution in [1.29, 1.82) is 0 Å². The second-order valence-corrected chi connectivity index (χ2v) is 4.27. The first-order valence-electron chi connectivity index (χ1n) is 5.07. The molecule has 0 spiro atoms. The molecule has 0 amide bonds. The second kappa shape index (κ2) is 7.05. The van der Waals surface area contributed by atoms with Gasteiger partial charge in [-0.25, -0.2) is 0 Å². The third-order valence-corrected chi connectivity index (χ3v) is 2.74. The van der Waals surface area contributed by atoms with Crippen LogP contribution in [-0.4, -0.2) is 28.5 Å². The average molecular weight is 241 g/mol. The van der Waals surface area contributed by atoms with Crippen molar-refractivity contribution in [1.82, 2.24) is 4.98 Å². The fourth-order valence-electron chi connectivity index (χ4n) is 1.20. The monoisotopic (exact) mass is 241 g/mol. The summed E-state index contributed by atoms with van der Waals surface area (Å²) in [6, 6.07) is 3.09. The van der Waals surface area contributed by atoms with Gasteiger partial charge in [0.05, 0.1) is 5.69 Å². The molecule has 0 aliphatic carbocycles. The zero-order valence-corrected chi connectivity index (χ0v) is 10.00. The van der Waals surface area contributed by atoms with E-state index >= 15 is 0 Å². The van der Waals surface area contributed by atoms with Crippen LogP contribution in [0.3, 0.4) is 0 Å². The highest BCUT2D eigenvalue weighted by Crippen LogP contribution is 2.11. The van der Waals surface area contributed by atoms with Crippen LogP contribution in [0.25, 0.3) is 0 Å². The lowest BCUT2D eigenvalue weighted by molar-refractivity contribution is -0.389. The van der Waals surface area contributed by atoms with Gasteiger partial charge in [0.15, 0.2) is 6.20 Å². The Morgan fingerprint density at radius 3 is 2.88 bits per heavy atom. The number of nitrogens with one attached hydrogen (secondary N) is 1. The van der Waals surface area contributed by atoms with Crippen molar-refractivity contribution >= 4 is 23.3 Å². The molecule has 1 N–H and O–H groups in total. The highest BCUT2D eigenvalue weighted by molar-refractivity contribution is 7.98. The number of unbranched alkanes of at least 4 members (excludes halogenated alkanes) is 1. The van der Waals surface area contributed by atoms with E-state index in [2.05, 4.69) is 16.6 Å². The van der Waals surface area contributed by atoms with Gasteiger partial charge < -0.3 is 15.4 Å². The van der Waals surface area contributed by atoms with Gasteiger partial charge in [-0.15, -0.1) is 0 Å². The summed E-state index contributed by atoms with van der Waals surface area (Å²) in [4.78, 5) is 13.6. The molecule has 0 atom stereocenters. The molecule has 16 heavy (non-hydrogen) atoms. The zero-order chi connectivity index (χ0) is 11.8. The summed E-state index contributed by atoms with van der Waals surface area (Å²) in [5, 5.41) is 13.5. The molecule has 1 aromatic heterocycles. The highest BCUT2D eigenvalue weighted by Gasteiger charge is 2.05. The number of nitrogens with zero attached hydrogens (tertiary/aromatic N) is 2. The predicted octanol–water partition coefficient (Wildman–Crippen LogP) is 2.54. The number of hydrogen-bond acceptors (Lipinski definition) is 5. The Morgan fingerprint density at radius 2 is 2.31 bits per heavy atom. The zero-order valence-electron chi connectivity index (χ0n) is 9.18. The lowest BCUT2D eigenvalue weighted by atomic mass is 10.3. The van der Waals surface area contributed by atoms with E-state index in [1.807, 2.05) is 11.8 Å². The largest absolute Gasteiger partial charge is 0.382 e. The van der Waals surface area contributed by atoms with Crippen LogP contribution in [-0.2, 0) is 0 Å². The van der Waals surface area contributed by atoms with E-state index in [1.54, 1.807) is 6.07 Å². The molecule has 5 nitrogen and oxygen atoms in total. The van der Waals surface area contributed by atoms with Gasteiger partial charge in [-0.1, -0.05) is 0 Å². The van der Waals surface area contributed by atoms with Gasteiger partial charge in [-0.3, -0.25) is 0 Å². The lowest BCUT2D eigenvalue weighted by Crippen LogP contribution is -2.02. The minimum Gasteiger partial charge on any atom is -0.382 e. The number of rotatable bonds is 7. The van der Waals surface area contributed by atoms with Crippen molar-refractivity contribution in [3.8, 4) is 0 Å². The van der Waals surface area contributed by atoms with Crippen molar-refractivity contribution in [2.45, 2.75) is 12.8 Å². The van der Waals surface area contributed by atoms with Gasteiger partial charge in [-0.05, 0) is 40.8 Å². The Hall–Kier alpha value is -1.30. The SMILES string of the molecule is CSCCCCNc1ccc([N+](=O)[O-])nc1. The van der Waals surface area contributed by atoms with E-state index in [1.165, 1.54) is 24.4 Å². The third-order valence-electron chi connectivity index (χ3n) is 2.04. The molecule has 1 aromatic rings. The molecule has 0 aromatic carbocycles. The first-order valence-corrected chi connectivity index (χ1v) is 6.46. The first kappa shape index (κ1) is 12.8. The first-order chi connectivity index (χ1) is 7.74. The van der Waals surface area contributed by atoms with Crippen LogP contribution in [0.15, 0.2) is 18.3 Å². The van der Waals surface area contributed by atoms with Crippen LogP contribution < -0.4 is 5.32 Å². The molecule has 0 saturated heterocycles. The fraction of sp³-hybridized carbons (Fsp3) is 0.500. The van der Waals surface area contributed by atoms with Crippen LogP contribution in [0.1, 0.15) is 12.8 Å². The van der Waals surface area contributed by atoms with Gasteiger partial charge in [-0.2, -0.15) is 11.8 Å². The number of thioether (sulfide) groups is 1. The molecule has 0 aliphatic heterocycles. The van der Waals surface area contributed by atoms with E-state index in [9.17, 15) is 10.1 Å². The van der Waals surface area contributed by atoms with Gasteiger partial charge in [0.25, 0.3) is 0 Å². The van der Waals surface area contributed by atoms with Gasteiger partial charge in [0.1, 0.15) is 0 Å². The van der Waals surface area contributed by atoms with Crippen molar-refractivity contribution in [2.24, 2.45) is 0 Å². The minimum absolute atomic E-state index is 0.118. The van der Waals surface area contributed by atoms with Crippen LogP contribution in [0, 0.1) is 10.1 Å². The molecule has 0 aliphatic rings. The van der Waals surface area contributed by atoms with Crippen molar-refractivity contribution in [3.63, 3.8) is 0 Å². The summed E-state index contributed by atoms with van der Waals surface area (Å²) in [6.45, 7) is 0.875. The Balaban J connectivity index is 2.29. The lowest BCUT2D eigenvalue weighted by Gasteiger charge is -2.03. The average Bonchev–Trinajstić information content (AvgIpc) is 2.29. The molecule has 1 rings (SSSR count). The predicted molar refractivity (Wildman–Crippen MR) is 67.0 cm³/mol. The van der Waals surface area contributed by atoms with Crippen molar-refractivity contribution in [3.05, 3.63) is 28.4 Å². The maximum Gasteiger partial charge on any atom is 0.363 e. The fourth-order valence-corrected chi connectivity index (χ4v) is 1.70. The summed E-state index contributed by atoms with van der Waals surface area (Å²) < 4.78 is 0. The molecule has 0 saturated carbocycles. The quantitative estimate of drug-likeness (QED) is 0.451. The Labute approximate surface area is 98.8 Å². The minimum atomic E-state index is -0.498. The number of anilines is 1. The van der Waals surface area contributed by atoms with E-state index in [-0.39, 0.29) is 5.82 Å². The number of pyridine rings is 1. The second-order valence-electron chi connectivity index (χ2n) is 3.29. The molecule has 1 heterocycles. The van der Waals surface area contributed by atoms with E-state index < -0.39 is 4.92 Å². The summed E-state index contributed by atoms with van der Waals surface area (Å²) >= 11 is 1.84. The molecule has 6 heteroatoms. The van der Waals surface area contributed by atoms with E-state index in [4.69, 9.17) is 0 Å². The summed E-state index contributed by atoms with van der Waals surface area (Å²) in [7, 11) is 0. The highest BCUT2D eigenvalue weighted by atomic mass is 32.2. The number of nitro groups is 1. The topological polar surface area (TPSA) is 68.1 Å². The van der Waals surface area contributed by atoms with Gasteiger partial charge in [0.2, 0.25) is 0 Å². The third kappa shape index (κ3) is 4.48. The Kier molecular flexibility index (Phi) is 5.63. The Morgan fingerprint density at radius 1 is 1.50 bits per heavy atom. The van der Waals surface area contributed by atoms with Crippen molar-refractivity contribution in [2.75, 3.05) is 23.9 Å². The van der Waals surface area contributed by atoms with Crippen LogP contribution in [0.2, 0.25) is 0 Å². The molecule has 0 fully saturated rings.